The van der Waals surface area contributed by atoms with Crippen LogP contribution in [0.5, 0.6) is 0 Å². The number of hydrogen-bond acceptors (Lipinski definition) is 6. The number of anilines is 1. The molecule has 2 N–H and O–H groups in total. The minimum absolute atomic E-state index is 0.622. The van der Waals surface area contributed by atoms with Crippen molar-refractivity contribution in [3.63, 3.8) is 0 Å². The molecule has 1 fully saturated rings. The van der Waals surface area contributed by atoms with Crippen LogP contribution in [0.3, 0.4) is 0 Å². The van der Waals surface area contributed by atoms with Crippen LogP contribution < -0.4 is 15.5 Å². The van der Waals surface area contributed by atoms with E-state index in [1.54, 1.807) is 11.3 Å². The Morgan fingerprint density at radius 2 is 2.00 bits per heavy atom. The summed E-state index contributed by atoms with van der Waals surface area (Å²) in [5.41, 5.74) is 1.17. The van der Waals surface area contributed by atoms with E-state index in [1.165, 1.54) is 10.4 Å². The summed E-state index contributed by atoms with van der Waals surface area (Å²) in [7, 11) is 0. The number of nitrogens with zero attached hydrogens (tertiary/aromatic N) is 5. The van der Waals surface area contributed by atoms with Gasteiger partial charge in [0.1, 0.15) is 10.8 Å². The number of pyridine rings is 1. The number of hydrogen-bond donors (Lipinski definition) is 2. The molecule has 1 saturated heterocycles. The minimum atomic E-state index is 0.622. The van der Waals surface area contributed by atoms with Crippen molar-refractivity contribution < 1.29 is 0 Å². The number of nitrogens with one attached hydrogen (secondary N) is 2. The van der Waals surface area contributed by atoms with Gasteiger partial charge < -0.3 is 20.4 Å². The Labute approximate surface area is 171 Å². The highest BCUT2D eigenvalue weighted by molar-refractivity contribution is 7.11. The maximum Gasteiger partial charge on any atom is 0.191 e. The van der Waals surface area contributed by atoms with Crippen LogP contribution in [0.25, 0.3) is 0 Å². The molecule has 1 aliphatic heterocycles. The number of aryl methyl sites for hydroxylation is 1. The van der Waals surface area contributed by atoms with Gasteiger partial charge in [0.25, 0.3) is 0 Å². The standard InChI is InChI=1S/C20H31N7S/c1-4-21-20(25-15-19-23-13-16(3)28-19)24-14-17-6-7-22-18(12-17)27-10-8-26(5-2)9-11-27/h6-7,12-13H,4-5,8-11,14-15H2,1-3H3,(H2,21,24,25). The fourth-order valence-corrected chi connectivity index (χ4v) is 3.91. The topological polar surface area (TPSA) is 68.7 Å². The third-order valence-electron chi connectivity index (χ3n) is 4.79. The van der Waals surface area contributed by atoms with E-state index in [2.05, 4.69) is 57.2 Å². The molecular formula is C20H31N7S. The maximum absolute atomic E-state index is 4.73. The molecular weight excluding hydrogens is 370 g/mol. The van der Waals surface area contributed by atoms with E-state index in [0.717, 1.165) is 56.1 Å². The third kappa shape index (κ3) is 5.90. The van der Waals surface area contributed by atoms with Gasteiger partial charge in [-0.05, 0) is 38.1 Å². The van der Waals surface area contributed by atoms with Crippen LogP contribution in [0.15, 0.2) is 29.5 Å². The van der Waals surface area contributed by atoms with Crippen molar-refractivity contribution in [2.24, 2.45) is 4.99 Å². The van der Waals surface area contributed by atoms with Gasteiger partial charge in [-0.25, -0.2) is 15.0 Å². The van der Waals surface area contributed by atoms with Crippen LogP contribution in [-0.4, -0.2) is 60.1 Å². The number of aliphatic imine (C=N–C) groups is 1. The van der Waals surface area contributed by atoms with Gasteiger partial charge in [0, 0.05) is 50.0 Å². The molecule has 3 heterocycles. The Morgan fingerprint density at radius 1 is 1.18 bits per heavy atom. The van der Waals surface area contributed by atoms with Crippen molar-refractivity contribution in [2.45, 2.75) is 33.9 Å². The number of aromatic nitrogens is 2. The summed E-state index contributed by atoms with van der Waals surface area (Å²) in [6.45, 7) is 13.9. The number of rotatable bonds is 7. The molecule has 7 nitrogen and oxygen atoms in total. The molecule has 3 rings (SSSR count). The molecule has 0 spiro atoms. The van der Waals surface area contributed by atoms with E-state index in [9.17, 15) is 0 Å². The lowest BCUT2D eigenvalue weighted by molar-refractivity contribution is 0.270. The summed E-state index contributed by atoms with van der Waals surface area (Å²) in [5, 5.41) is 7.74. The Kier molecular flexibility index (Phi) is 7.62. The molecule has 0 radical (unpaired) electrons. The van der Waals surface area contributed by atoms with E-state index in [0.29, 0.717) is 13.1 Å². The smallest absolute Gasteiger partial charge is 0.191 e. The van der Waals surface area contributed by atoms with Crippen LogP contribution in [0.4, 0.5) is 5.82 Å². The van der Waals surface area contributed by atoms with Gasteiger partial charge in [0.2, 0.25) is 0 Å². The van der Waals surface area contributed by atoms with E-state index in [-0.39, 0.29) is 0 Å². The van der Waals surface area contributed by atoms with Gasteiger partial charge >= 0.3 is 0 Å². The monoisotopic (exact) mass is 401 g/mol. The average molecular weight is 402 g/mol. The molecule has 2 aromatic rings. The zero-order chi connectivity index (χ0) is 19.8. The quantitative estimate of drug-likeness (QED) is 0.548. The van der Waals surface area contributed by atoms with Crippen molar-refractivity contribution in [3.05, 3.63) is 40.0 Å². The van der Waals surface area contributed by atoms with Crippen LogP contribution in [0.1, 0.15) is 29.3 Å². The Balaban J connectivity index is 1.59. The van der Waals surface area contributed by atoms with E-state index in [4.69, 9.17) is 4.99 Å². The second-order valence-electron chi connectivity index (χ2n) is 6.86. The van der Waals surface area contributed by atoms with Gasteiger partial charge in [-0.2, -0.15) is 0 Å². The summed E-state index contributed by atoms with van der Waals surface area (Å²) in [6.07, 6.45) is 3.80. The third-order valence-corrected chi connectivity index (χ3v) is 5.71. The molecule has 2 aromatic heterocycles. The molecule has 0 atom stereocenters. The number of guanidine groups is 1. The lowest BCUT2D eigenvalue weighted by Crippen LogP contribution is -2.46. The molecule has 1 aliphatic rings. The zero-order valence-electron chi connectivity index (χ0n) is 17.1. The first kappa shape index (κ1) is 20.5. The average Bonchev–Trinajstić information content (AvgIpc) is 3.15. The van der Waals surface area contributed by atoms with Gasteiger partial charge in [-0.15, -0.1) is 11.3 Å². The Bertz CT molecular complexity index is 765. The maximum atomic E-state index is 4.73. The van der Waals surface area contributed by atoms with Crippen LogP contribution >= 0.6 is 11.3 Å². The molecule has 0 saturated carbocycles. The normalized spacial score (nSPS) is 15.7. The summed E-state index contributed by atoms with van der Waals surface area (Å²) >= 11 is 1.71. The second kappa shape index (κ2) is 10.4. The fraction of sp³-hybridized carbons (Fsp3) is 0.550. The molecule has 0 bridgehead atoms. The largest absolute Gasteiger partial charge is 0.357 e. The number of thiazole rings is 1. The van der Waals surface area contributed by atoms with E-state index >= 15 is 0 Å². The van der Waals surface area contributed by atoms with E-state index < -0.39 is 0 Å². The second-order valence-corrected chi connectivity index (χ2v) is 8.18. The van der Waals surface area contributed by atoms with Crippen LogP contribution in [0.2, 0.25) is 0 Å². The van der Waals surface area contributed by atoms with Gasteiger partial charge in [-0.1, -0.05) is 6.92 Å². The highest BCUT2D eigenvalue weighted by Crippen LogP contribution is 2.16. The number of piperazine rings is 1. The molecule has 0 aromatic carbocycles. The van der Waals surface area contributed by atoms with Crippen molar-refractivity contribution in [1.29, 1.82) is 0 Å². The van der Waals surface area contributed by atoms with Gasteiger partial charge in [0.15, 0.2) is 5.96 Å². The van der Waals surface area contributed by atoms with Gasteiger partial charge in [0.05, 0.1) is 13.1 Å². The first-order valence-corrected chi connectivity index (χ1v) is 10.8. The highest BCUT2D eigenvalue weighted by atomic mass is 32.1. The summed E-state index contributed by atoms with van der Waals surface area (Å²) in [6, 6.07) is 4.21. The van der Waals surface area contributed by atoms with E-state index in [1.807, 2.05) is 18.5 Å². The SMILES string of the molecule is CCNC(=NCc1ccnc(N2CCN(CC)CC2)c1)NCc1ncc(C)s1. The first-order valence-electron chi connectivity index (χ1n) is 10.0. The number of likely N-dealkylation sites (N-methyl/N-ethyl adjacent to an activating group) is 1. The molecule has 0 amide bonds. The van der Waals surface area contributed by atoms with Crippen molar-refractivity contribution in [1.82, 2.24) is 25.5 Å². The molecule has 8 heteroatoms. The van der Waals surface area contributed by atoms with Crippen molar-refractivity contribution in [3.8, 4) is 0 Å². The van der Waals surface area contributed by atoms with Crippen molar-refractivity contribution in [2.75, 3.05) is 44.2 Å². The zero-order valence-corrected chi connectivity index (χ0v) is 17.9. The molecule has 0 unspecified atom stereocenters. The van der Waals surface area contributed by atoms with Crippen molar-refractivity contribution >= 4 is 23.1 Å². The Hall–Kier alpha value is -2.19. The fourth-order valence-electron chi connectivity index (χ4n) is 3.18. The van der Waals surface area contributed by atoms with Crippen LogP contribution in [-0.2, 0) is 13.1 Å². The minimum Gasteiger partial charge on any atom is -0.357 e. The van der Waals surface area contributed by atoms with Crippen LogP contribution in [0, 0.1) is 6.92 Å². The molecule has 0 aliphatic carbocycles. The summed E-state index contributed by atoms with van der Waals surface area (Å²) in [5.74, 6) is 1.87. The Morgan fingerprint density at radius 3 is 2.68 bits per heavy atom. The molecule has 152 valence electrons. The lowest BCUT2D eigenvalue weighted by atomic mass is 10.2. The van der Waals surface area contributed by atoms with Gasteiger partial charge in [-0.3, -0.25) is 0 Å². The summed E-state index contributed by atoms with van der Waals surface area (Å²) < 4.78 is 0. The predicted molar refractivity (Wildman–Crippen MR) is 117 cm³/mol. The predicted octanol–water partition coefficient (Wildman–Crippen LogP) is 2.24. The lowest BCUT2D eigenvalue weighted by Gasteiger charge is -2.34. The highest BCUT2D eigenvalue weighted by Gasteiger charge is 2.16. The first-order chi connectivity index (χ1) is 13.7. The summed E-state index contributed by atoms with van der Waals surface area (Å²) in [4.78, 5) is 19.8. The molecule has 28 heavy (non-hydrogen) atoms.